The van der Waals surface area contributed by atoms with Gasteiger partial charge in [-0.05, 0) is 36.5 Å². The maximum absolute atomic E-state index is 11.9. The largest absolute Gasteiger partial charge is 0.368 e. The van der Waals surface area contributed by atoms with E-state index < -0.39 is 13.4 Å². The number of methoxy groups -OCH3 is 1. The fourth-order valence-corrected chi connectivity index (χ4v) is 3.49. The lowest BCUT2D eigenvalue weighted by Crippen LogP contribution is -2.50. The third kappa shape index (κ3) is 5.29. The second-order valence-electron chi connectivity index (χ2n) is 6.96. The third-order valence-corrected chi connectivity index (χ3v) is 5.47. The van der Waals surface area contributed by atoms with Gasteiger partial charge in [-0.25, -0.2) is 0 Å². The van der Waals surface area contributed by atoms with Gasteiger partial charge in [-0.3, -0.25) is 0 Å². The predicted octanol–water partition coefficient (Wildman–Crippen LogP) is 4.35. The molecule has 1 aliphatic heterocycles. The van der Waals surface area contributed by atoms with Crippen LogP contribution < -0.4 is 0 Å². The first-order chi connectivity index (χ1) is 11.3. The zero-order valence-corrected chi connectivity index (χ0v) is 16.1. The molecule has 0 spiro atoms. The fourth-order valence-electron chi connectivity index (χ4n) is 2.90. The minimum atomic E-state index is -2.21. The first-order valence-electron chi connectivity index (χ1n) is 8.39. The maximum atomic E-state index is 11.9. The van der Waals surface area contributed by atoms with Crippen molar-refractivity contribution in [1.82, 2.24) is 0 Å². The second-order valence-corrected chi connectivity index (χ2v) is 10.1. The van der Waals surface area contributed by atoms with Crippen LogP contribution in [0.4, 0.5) is 0 Å². The van der Waals surface area contributed by atoms with Crippen molar-refractivity contribution in [3.63, 3.8) is 0 Å². The highest BCUT2D eigenvalue weighted by molar-refractivity contribution is 7.65. The number of benzene rings is 1. The summed E-state index contributed by atoms with van der Waals surface area (Å²) in [4.78, 5) is 0. The molecule has 0 N–H and O–H groups in total. The minimum Gasteiger partial charge on any atom is -0.368 e. The van der Waals surface area contributed by atoms with Crippen molar-refractivity contribution in [1.29, 1.82) is 0 Å². The first kappa shape index (κ1) is 19.4. The van der Waals surface area contributed by atoms with Crippen LogP contribution in [-0.2, 0) is 25.4 Å². The highest BCUT2D eigenvalue weighted by atomic mass is 31.2. The Morgan fingerprint density at radius 3 is 2.42 bits per heavy atom. The molecule has 0 amide bonds. The molecule has 4 nitrogen and oxygen atoms in total. The average molecular weight is 352 g/mol. The Morgan fingerprint density at radius 1 is 1.17 bits per heavy atom. The maximum Gasteiger partial charge on any atom is 0.184 e. The van der Waals surface area contributed by atoms with E-state index in [2.05, 4.69) is 13.8 Å². The number of ether oxygens (including phenoxy) is 3. The summed E-state index contributed by atoms with van der Waals surface area (Å²) in [5, 5.41) is 0. The monoisotopic (exact) mass is 352 g/mol. The van der Waals surface area contributed by atoms with E-state index in [-0.39, 0.29) is 24.0 Å². The molecule has 5 unspecified atom stereocenters. The van der Waals surface area contributed by atoms with Crippen LogP contribution in [0.15, 0.2) is 42.2 Å². The zero-order valence-electron chi connectivity index (χ0n) is 15.2. The van der Waals surface area contributed by atoms with Gasteiger partial charge in [-0.2, -0.15) is 0 Å². The van der Waals surface area contributed by atoms with Gasteiger partial charge >= 0.3 is 0 Å². The van der Waals surface area contributed by atoms with Crippen LogP contribution in [0.1, 0.15) is 19.4 Å². The molecule has 1 aromatic rings. The van der Waals surface area contributed by atoms with E-state index in [1.54, 1.807) is 26.3 Å². The van der Waals surface area contributed by atoms with Crippen LogP contribution in [0.3, 0.4) is 0 Å². The van der Waals surface area contributed by atoms with E-state index in [1.165, 1.54) is 0 Å². The normalized spacial score (nSPS) is 31.5. The molecule has 134 valence electrons. The van der Waals surface area contributed by atoms with E-state index >= 15 is 0 Å². The molecule has 0 saturated carbocycles. The Hall–Kier alpha value is -0.930. The van der Waals surface area contributed by atoms with Gasteiger partial charge < -0.3 is 18.8 Å². The van der Waals surface area contributed by atoms with E-state index in [0.29, 0.717) is 6.61 Å². The highest BCUT2D eigenvalue weighted by Crippen LogP contribution is 2.40. The summed E-state index contributed by atoms with van der Waals surface area (Å²) in [5.41, 5.74) is 1.13. The summed E-state index contributed by atoms with van der Waals surface area (Å²) >= 11 is 0. The van der Waals surface area contributed by atoms with Gasteiger partial charge in [0, 0.05) is 7.11 Å². The number of rotatable bonds is 6. The van der Waals surface area contributed by atoms with E-state index in [4.69, 9.17) is 14.2 Å². The van der Waals surface area contributed by atoms with Crippen molar-refractivity contribution in [2.24, 2.45) is 11.8 Å². The van der Waals surface area contributed by atoms with Crippen LogP contribution in [0.2, 0.25) is 0 Å². The summed E-state index contributed by atoms with van der Waals surface area (Å²) in [6.45, 7) is 8.33. The van der Waals surface area contributed by atoms with Crippen LogP contribution >= 0.6 is 7.14 Å². The molecule has 0 bridgehead atoms. The lowest BCUT2D eigenvalue weighted by atomic mass is 9.83. The molecule has 1 saturated heterocycles. The van der Waals surface area contributed by atoms with Gasteiger partial charge in [0.1, 0.15) is 13.2 Å². The Balaban J connectivity index is 2.05. The molecule has 1 heterocycles. The quantitative estimate of drug-likeness (QED) is 0.714. The second kappa shape index (κ2) is 8.44. The molecule has 1 fully saturated rings. The number of hydrogen-bond donors (Lipinski definition) is 0. The van der Waals surface area contributed by atoms with Crippen LogP contribution in [0, 0.1) is 11.8 Å². The van der Waals surface area contributed by atoms with Crippen LogP contribution in [-0.4, -0.2) is 38.9 Å². The Morgan fingerprint density at radius 2 is 1.83 bits per heavy atom. The molecule has 0 radical (unpaired) electrons. The smallest absolute Gasteiger partial charge is 0.184 e. The molecule has 2 rings (SSSR count). The van der Waals surface area contributed by atoms with Crippen molar-refractivity contribution in [3.8, 4) is 0 Å². The van der Waals surface area contributed by atoms with Crippen molar-refractivity contribution >= 4 is 7.14 Å². The topological polar surface area (TPSA) is 44.8 Å². The molecule has 1 aliphatic rings. The highest BCUT2D eigenvalue weighted by Gasteiger charge is 2.41. The summed E-state index contributed by atoms with van der Waals surface area (Å²) in [7, 11) is -0.571. The molecular formula is C19H29O4P. The molecular weight excluding hydrogens is 323 g/mol. The van der Waals surface area contributed by atoms with Gasteiger partial charge in [0.25, 0.3) is 0 Å². The van der Waals surface area contributed by atoms with Gasteiger partial charge in [-0.1, -0.05) is 50.3 Å². The lowest BCUT2D eigenvalue weighted by molar-refractivity contribution is -0.265. The third-order valence-electron chi connectivity index (χ3n) is 4.58. The molecule has 0 aromatic heterocycles. The van der Waals surface area contributed by atoms with Crippen LogP contribution in [0.25, 0.3) is 0 Å². The van der Waals surface area contributed by atoms with E-state index in [1.807, 2.05) is 36.4 Å². The van der Waals surface area contributed by atoms with Crippen molar-refractivity contribution in [3.05, 3.63) is 47.8 Å². The Bertz CT molecular complexity index is 578. The predicted molar refractivity (Wildman–Crippen MR) is 97.6 cm³/mol. The van der Waals surface area contributed by atoms with Crippen molar-refractivity contribution in [2.45, 2.75) is 39.0 Å². The zero-order chi connectivity index (χ0) is 17.7. The van der Waals surface area contributed by atoms with Gasteiger partial charge in [-0.15, -0.1) is 0 Å². The standard InChI is InChI=1S/C19H29O4P/c1-14-15(2)18(22-13-16-9-7-6-8-10-16)19(21-3)23-17(14)11-12-24(4,5)20/h6-12,14-15,17-19H,13H2,1-5H3/b12-11+. The Kier molecular flexibility index (Phi) is 6.82. The van der Waals surface area contributed by atoms with E-state index in [9.17, 15) is 4.57 Å². The van der Waals surface area contributed by atoms with Crippen LogP contribution in [0.5, 0.6) is 0 Å². The summed E-state index contributed by atoms with van der Waals surface area (Å²) in [5.74, 6) is 2.29. The molecule has 1 aromatic carbocycles. The summed E-state index contributed by atoms with van der Waals surface area (Å²) in [6, 6.07) is 10.1. The average Bonchev–Trinajstić information content (AvgIpc) is 2.55. The summed E-state index contributed by atoms with van der Waals surface area (Å²) < 4.78 is 29.6. The van der Waals surface area contributed by atoms with Crippen molar-refractivity contribution < 1.29 is 18.8 Å². The van der Waals surface area contributed by atoms with Gasteiger partial charge in [0.2, 0.25) is 0 Å². The molecule has 24 heavy (non-hydrogen) atoms. The van der Waals surface area contributed by atoms with Gasteiger partial charge in [0.05, 0.1) is 12.7 Å². The first-order valence-corrected chi connectivity index (χ1v) is 11.1. The summed E-state index contributed by atoms with van der Waals surface area (Å²) in [6.07, 6.45) is 1.24. The number of hydrogen-bond acceptors (Lipinski definition) is 4. The molecule has 5 heteroatoms. The molecule has 5 atom stereocenters. The lowest BCUT2D eigenvalue weighted by Gasteiger charge is -2.43. The fraction of sp³-hybridized carbons (Fsp3) is 0.579. The van der Waals surface area contributed by atoms with Crippen molar-refractivity contribution in [2.75, 3.05) is 20.4 Å². The van der Waals surface area contributed by atoms with E-state index in [0.717, 1.165) is 5.56 Å². The van der Waals surface area contributed by atoms with Gasteiger partial charge in [0.15, 0.2) is 6.29 Å². The molecule has 0 aliphatic carbocycles. The SMILES string of the molecule is COC1OC(/C=C/P(C)(C)=O)C(C)C(C)C1OCc1ccccc1. The Labute approximate surface area is 145 Å². The minimum absolute atomic E-state index is 0.116.